The summed E-state index contributed by atoms with van der Waals surface area (Å²) in [5.41, 5.74) is 2.62. The van der Waals surface area contributed by atoms with E-state index >= 15 is 0 Å². The Morgan fingerprint density at radius 3 is 2.54 bits per heavy atom. The minimum Gasteiger partial charge on any atom is -0.325 e. The average Bonchev–Trinajstić information content (AvgIpc) is 3.05. The highest BCUT2D eigenvalue weighted by Crippen LogP contribution is 2.25. The molecular formula is C19H18Cl2N2O2S. The lowest BCUT2D eigenvalue weighted by atomic mass is 10.2. The quantitative estimate of drug-likeness (QED) is 0.731. The molecule has 2 aromatic carbocycles. The summed E-state index contributed by atoms with van der Waals surface area (Å²) in [7, 11) is 0. The van der Waals surface area contributed by atoms with E-state index in [1.807, 2.05) is 36.4 Å². The van der Waals surface area contributed by atoms with E-state index in [2.05, 4.69) is 5.32 Å². The molecule has 0 aromatic heterocycles. The maximum atomic E-state index is 12.1. The first-order valence-electron chi connectivity index (χ1n) is 8.25. The SMILES string of the molecule is O=C(CSCc1ccc(Cl)c(Cl)c1)Nc1ccc(N2CCCC2=O)cc1. The molecule has 2 amide bonds. The number of amides is 2. The first-order chi connectivity index (χ1) is 12.5. The van der Waals surface area contributed by atoms with Crippen molar-refractivity contribution in [3.8, 4) is 0 Å². The van der Waals surface area contributed by atoms with Crippen molar-refractivity contribution < 1.29 is 9.59 Å². The van der Waals surface area contributed by atoms with Gasteiger partial charge in [0.25, 0.3) is 0 Å². The van der Waals surface area contributed by atoms with Gasteiger partial charge in [0.2, 0.25) is 11.8 Å². The van der Waals surface area contributed by atoms with Crippen LogP contribution in [-0.4, -0.2) is 24.1 Å². The molecule has 136 valence electrons. The van der Waals surface area contributed by atoms with Crippen LogP contribution in [0.25, 0.3) is 0 Å². The van der Waals surface area contributed by atoms with Gasteiger partial charge < -0.3 is 10.2 Å². The summed E-state index contributed by atoms with van der Waals surface area (Å²) in [5.74, 6) is 1.10. The van der Waals surface area contributed by atoms with Crippen LogP contribution in [0.15, 0.2) is 42.5 Å². The van der Waals surface area contributed by atoms with Crippen LogP contribution in [-0.2, 0) is 15.3 Å². The number of hydrogen-bond donors (Lipinski definition) is 1. The van der Waals surface area contributed by atoms with Gasteiger partial charge in [-0.25, -0.2) is 0 Å². The molecule has 1 aliphatic rings. The molecule has 0 atom stereocenters. The molecule has 0 bridgehead atoms. The molecule has 1 N–H and O–H groups in total. The van der Waals surface area contributed by atoms with Gasteiger partial charge in [0, 0.05) is 30.1 Å². The van der Waals surface area contributed by atoms with Gasteiger partial charge in [-0.3, -0.25) is 9.59 Å². The average molecular weight is 409 g/mol. The molecule has 3 rings (SSSR count). The van der Waals surface area contributed by atoms with E-state index in [4.69, 9.17) is 23.2 Å². The number of nitrogens with one attached hydrogen (secondary N) is 1. The van der Waals surface area contributed by atoms with Crippen molar-refractivity contribution in [1.82, 2.24) is 0 Å². The third-order valence-electron chi connectivity index (χ3n) is 4.02. The Bertz CT molecular complexity index is 812. The van der Waals surface area contributed by atoms with Gasteiger partial charge in [-0.2, -0.15) is 0 Å². The van der Waals surface area contributed by atoms with Crippen molar-refractivity contribution in [2.75, 3.05) is 22.5 Å². The third-order valence-corrected chi connectivity index (χ3v) is 5.76. The monoisotopic (exact) mass is 408 g/mol. The number of thioether (sulfide) groups is 1. The van der Waals surface area contributed by atoms with Crippen LogP contribution in [0.1, 0.15) is 18.4 Å². The van der Waals surface area contributed by atoms with E-state index in [0.29, 0.717) is 28.0 Å². The fourth-order valence-corrected chi connectivity index (χ4v) is 3.83. The van der Waals surface area contributed by atoms with Crippen molar-refractivity contribution in [2.24, 2.45) is 0 Å². The zero-order chi connectivity index (χ0) is 18.5. The molecule has 2 aromatic rings. The van der Waals surface area contributed by atoms with Crippen LogP contribution in [0.2, 0.25) is 10.0 Å². The standard InChI is InChI=1S/C19H18Cl2N2O2S/c20-16-8-3-13(10-17(16)21)11-26-12-18(24)22-14-4-6-15(7-5-14)23-9-1-2-19(23)25/h3-8,10H,1-2,9,11-12H2,(H,22,24). The number of carbonyl (C=O) groups excluding carboxylic acids is 2. The Labute approximate surface area is 166 Å². The first-order valence-corrected chi connectivity index (χ1v) is 10.2. The molecule has 4 nitrogen and oxygen atoms in total. The van der Waals surface area contributed by atoms with Crippen LogP contribution in [0.5, 0.6) is 0 Å². The molecule has 0 spiro atoms. The second-order valence-corrected chi connectivity index (χ2v) is 7.79. The number of carbonyl (C=O) groups is 2. The Morgan fingerprint density at radius 1 is 1.12 bits per heavy atom. The van der Waals surface area contributed by atoms with E-state index < -0.39 is 0 Å². The van der Waals surface area contributed by atoms with Gasteiger partial charge in [0.05, 0.1) is 15.8 Å². The highest BCUT2D eigenvalue weighted by atomic mass is 35.5. The minimum absolute atomic E-state index is 0.0694. The number of hydrogen-bond acceptors (Lipinski definition) is 3. The highest BCUT2D eigenvalue weighted by molar-refractivity contribution is 7.99. The highest BCUT2D eigenvalue weighted by Gasteiger charge is 2.21. The fraction of sp³-hybridized carbons (Fsp3) is 0.263. The largest absolute Gasteiger partial charge is 0.325 e. The zero-order valence-electron chi connectivity index (χ0n) is 14.0. The molecule has 1 aliphatic heterocycles. The number of anilines is 2. The second-order valence-electron chi connectivity index (χ2n) is 5.99. The molecule has 1 heterocycles. The topological polar surface area (TPSA) is 49.4 Å². The molecule has 1 saturated heterocycles. The van der Waals surface area contributed by atoms with Crippen molar-refractivity contribution >= 4 is 58.2 Å². The molecule has 0 radical (unpaired) electrons. The molecule has 0 unspecified atom stereocenters. The summed E-state index contributed by atoms with van der Waals surface area (Å²) in [5, 5.41) is 3.91. The third kappa shape index (κ3) is 4.93. The van der Waals surface area contributed by atoms with E-state index in [-0.39, 0.29) is 11.8 Å². The predicted octanol–water partition coefficient (Wildman–Crippen LogP) is 4.99. The second kappa shape index (κ2) is 8.80. The molecular weight excluding hydrogens is 391 g/mol. The normalized spacial score (nSPS) is 13.9. The summed E-state index contributed by atoms with van der Waals surface area (Å²) in [6.07, 6.45) is 1.50. The number of halogens is 2. The Hall–Kier alpha value is -1.69. The minimum atomic E-state index is -0.0694. The molecule has 0 saturated carbocycles. The van der Waals surface area contributed by atoms with E-state index in [1.54, 1.807) is 11.0 Å². The predicted molar refractivity (Wildman–Crippen MR) is 109 cm³/mol. The van der Waals surface area contributed by atoms with E-state index in [1.165, 1.54) is 11.8 Å². The summed E-state index contributed by atoms with van der Waals surface area (Å²) < 4.78 is 0. The number of benzene rings is 2. The first kappa shape index (κ1) is 19.1. The molecule has 0 aliphatic carbocycles. The van der Waals surface area contributed by atoms with E-state index in [0.717, 1.165) is 29.9 Å². The molecule has 7 heteroatoms. The van der Waals surface area contributed by atoms with Crippen LogP contribution in [0, 0.1) is 0 Å². The maximum absolute atomic E-state index is 12.1. The van der Waals surface area contributed by atoms with Crippen LogP contribution < -0.4 is 10.2 Å². The van der Waals surface area contributed by atoms with Crippen molar-refractivity contribution in [2.45, 2.75) is 18.6 Å². The lowest BCUT2D eigenvalue weighted by molar-refractivity contribution is -0.117. The summed E-state index contributed by atoms with van der Waals surface area (Å²) in [6.45, 7) is 0.760. The Morgan fingerprint density at radius 2 is 1.88 bits per heavy atom. The van der Waals surface area contributed by atoms with Gasteiger partial charge in [-0.1, -0.05) is 29.3 Å². The van der Waals surface area contributed by atoms with Gasteiger partial charge in [0.15, 0.2) is 0 Å². The van der Waals surface area contributed by atoms with Crippen molar-refractivity contribution in [1.29, 1.82) is 0 Å². The molecule has 26 heavy (non-hydrogen) atoms. The Kier molecular flexibility index (Phi) is 6.46. The van der Waals surface area contributed by atoms with E-state index in [9.17, 15) is 9.59 Å². The Balaban J connectivity index is 1.47. The van der Waals surface area contributed by atoms with Gasteiger partial charge in [-0.05, 0) is 48.4 Å². The lowest BCUT2D eigenvalue weighted by Gasteiger charge is -2.16. The summed E-state index contributed by atoms with van der Waals surface area (Å²) in [4.78, 5) is 25.6. The summed E-state index contributed by atoms with van der Waals surface area (Å²) >= 11 is 13.4. The van der Waals surface area contributed by atoms with Crippen molar-refractivity contribution in [3.05, 3.63) is 58.1 Å². The van der Waals surface area contributed by atoms with Crippen molar-refractivity contribution in [3.63, 3.8) is 0 Å². The molecule has 1 fully saturated rings. The number of nitrogens with zero attached hydrogens (tertiary/aromatic N) is 1. The van der Waals surface area contributed by atoms with Gasteiger partial charge >= 0.3 is 0 Å². The fourth-order valence-electron chi connectivity index (χ4n) is 2.73. The van der Waals surface area contributed by atoms with Crippen LogP contribution in [0.3, 0.4) is 0 Å². The van der Waals surface area contributed by atoms with Crippen LogP contribution >= 0.6 is 35.0 Å². The zero-order valence-corrected chi connectivity index (χ0v) is 16.3. The maximum Gasteiger partial charge on any atom is 0.234 e. The van der Waals surface area contributed by atoms with Gasteiger partial charge in [0.1, 0.15) is 0 Å². The van der Waals surface area contributed by atoms with Crippen LogP contribution in [0.4, 0.5) is 11.4 Å². The summed E-state index contributed by atoms with van der Waals surface area (Å²) in [6, 6.07) is 12.8. The van der Waals surface area contributed by atoms with Gasteiger partial charge in [-0.15, -0.1) is 11.8 Å². The lowest BCUT2D eigenvalue weighted by Crippen LogP contribution is -2.23. The number of rotatable bonds is 6. The smallest absolute Gasteiger partial charge is 0.234 e.